The van der Waals surface area contributed by atoms with Gasteiger partial charge in [-0.1, -0.05) is 23.2 Å². The lowest BCUT2D eigenvalue weighted by molar-refractivity contribution is -0.145. The first-order valence-electron chi connectivity index (χ1n) is 5.50. The van der Waals surface area contributed by atoms with Crippen molar-refractivity contribution in [3.8, 4) is 0 Å². The van der Waals surface area contributed by atoms with Crippen molar-refractivity contribution in [1.82, 2.24) is 10.2 Å². The van der Waals surface area contributed by atoms with E-state index >= 15 is 0 Å². The van der Waals surface area contributed by atoms with Crippen molar-refractivity contribution >= 4 is 35.0 Å². The average Bonchev–Trinajstić information content (AvgIpc) is 2.34. The van der Waals surface area contributed by atoms with Crippen LogP contribution in [0.4, 0.5) is 0 Å². The van der Waals surface area contributed by atoms with Crippen LogP contribution >= 0.6 is 23.2 Å². The normalized spacial score (nSPS) is 19.9. The molecule has 1 saturated heterocycles. The molecule has 2 amide bonds. The minimum atomic E-state index is -0.499. The Morgan fingerprint density at radius 2 is 2.11 bits per heavy atom. The van der Waals surface area contributed by atoms with Crippen molar-refractivity contribution in [3.63, 3.8) is 0 Å². The van der Waals surface area contributed by atoms with Crippen LogP contribution in [0.2, 0.25) is 10.0 Å². The summed E-state index contributed by atoms with van der Waals surface area (Å²) in [6.07, 6.45) is 0. The number of benzene rings is 1. The number of hydrogen-bond acceptors (Lipinski definition) is 2. The molecule has 1 aromatic rings. The molecule has 0 saturated carbocycles. The smallest absolute Gasteiger partial charge is 0.242 e. The molecule has 4 nitrogen and oxygen atoms in total. The van der Waals surface area contributed by atoms with Gasteiger partial charge in [0.25, 0.3) is 0 Å². The van der Waals surface area contributed by atoms with E-state index in [1.807, 2.05) is 0 Å². The number of carbonyl (C=O) groups excluding carboxylic acids is 2. The third kappa shape index (κ3) is 2.60. The highest BCUT2D eigenvalue weighted by Crippen LogP contribution is 2.23. The maximum Gasteiger partial charge on any atom is 0.242 e. The van der Waals surface area contributed by atoms with Gasteiger partial charge in [0.05, 0.1) is 6.54 Å². The molecule has 0 aliphatic carbocycles. The van der Waals surface area contributed by atoms with Gasteiger partial charge < -0.3 is 10.2 Å². The fourth-order valence-corrected chi connectivity index (χ4v) is 2.21. The second kappa shape index (κ2) is 5.16. The molecule has 1 unspecified atom stereocenters. The van der Waals surface area contributed by atoms with Crippen molar-refractivity contribution < 1.29 is 9.59 Å². The highest BCUT2D eigenvalue weighted by molar-refractivity contribution is 6.33. The van der Waals surface area contributed by atoms with Gasteiger partial charge in [0.2, 0.25) is 11.8 Å². The van der Waals surface area contributed by atoms with Gasteiger partial charge in [0.1, 0.15) is 6.04 Å². The number of piperazine rings is 1. The Bertz CT molecular complexity index is 505. The predicted molar refractivity (Wildman–Crippen MR) is 69.5 cm³/mol. The molecule has 1 fully saturated rings. The maximum absolute atomic E-state index is 11.8. The highest BCUT2D eigenvalue weighted by Gasteiger charge is 2.31. The lowest BCUT2D eigenvalue weighted by atomic mass is 10.1. The van der Waals surface area contributed by atoms with Crippen LogP contribution in [0.3, 0.4) is 0 Å². The first-order chi connectivity index (χ1) is 8.49. The molecule has 2 rings (SSSR count). The molecule has 1 heterocycles. The van der Waals surface area contributed by atoms with Gasteiger partial charge in [-0.3, -0.25) is 9.59 Å². The first kappa shape index (κ1) is 13.2. The zero-order valence-corrected chi connectivity index (χ0v) is 11.3. The molecule has 18 heavy (non-hydrogen) atoms. The lowest BCUT2D eigenvalue weighted by Gasteiger charge is -2.33. The number of amides is 2. The summed E-state index contributed by atoms with van der Waals surface area (Å²) in [5.74, 6) is -0.286. The number of nitrogens with zero attached hydrogens (tertiary/aromatic N) is 1. The van der Waals surface area contributed by atoms with E-state index < -0.39 is 6.04 Å². The fraction of sp³-hybridized carbons (Fsp3) is 0.333. The minimum Gasteiger partial charge on any atom is -0.345 e. The highest BCUT2D eigenvalue weighted by atomic mass is 35.5. The number of nitrogens with one attached hydrogen (secondary N) is 1. The van der Waals surface area contributed by atoms with Crippen LogP contribution in [0.15, 0.2) is 18.2 Å². The standard InChI is InChI=1S/C12H12Cl2N2O2/c1-7-12(18)15-5-11(17)16(7)6-8-4-9(13)2-3-10(8)14/h2-4,7H,5-6H2,1H3,(H,15,18). The monoisotopic (exact) mass is 286 g/mol. The zero-order chi connectivity index (χ0) is 13.3. The fourth-order valence-electron chi connectivity index (χ4n) is 1.84. The number of halogens is 2. The molecule has 1 aliphatic heterocycles. The Labute approximate surface area is 115 Å². The van der Waals surface area contributed by atoms with Gasteiger partial charge in [-0.2, -0.15) is 0 Å². The molecule has 0 aromatic heterocycles. The number of hydrogen-bond donors (Lipinski definition) is 1. The Morgan fingerprint density at radius 3 is 2.83 bits per heavy atom. The molecular weight excluding hydrogens is 275 g/mol. The van der Waals surface area contributed by atoms with Gasteiger partial charge in [-0.25, -0.2) is 0 Å². The Hall–Kier alpha value is -1.26. The van der Waals surface area contributed by atoms with Crippen molar-refractivity contribution in [1.29, 1.82) is 0 Å². The average molecular weight is 287 g/mol. The SMILES string of the molecule is CC1C(=O)NCC(=O)N1Cc1cc(Cl)ccc1Cl. The van der Waals surface area contributed by atoms with E-state index in [9.17, 15) is 9.59 Å². The molecule has 0 spiro atoms. The summed E-state index contributed by atoms with van der Waals surface area (Å²) >= 11 is 11.9. The number of rotatable bonds is 2. The number of carbonyl (C=O) groups is 2. The third-order valence-electron chi connectivity index (χ3n) is 2.93. The van der Waals surface area contributed by atoms with Gasteiger partial charge in [-0.15, -0.1) is 0 Å². The molecular formula is C12H12Cl2N2O2. The van der Waals surface area contributed by atoms with Crippen LogP contribution in [0, 0.1) is 0 Å². The molecule has 6 heteroatoms. The summed E-state index contributed by atoms with van der Waals surface area (Å²) in [6, 6.07) is 4.57. The van der Waals surface area contributed by atoms with Crippen molar-refractivity contribution in [2.45, 2.75) is 19.5 Å². The van der Waals surface area contributed by atoms with Gasteiger partial charge in [0.15, 0.2) is 0 Å². The van der Waals surface area contributed by atoms with E-state index in [4.69, 9.17) is 23.2 Å². The van der Waals surface area contributed by atoms with E-state index in [1.165, 1.54) is 4.90 Å². The largest absolute Gasteiger partial charge is 0.345 e. The third-order valence-corrected chi connectivity index (χ3v) is 3.53. The quantitative estimate of drug-likeness (QED) is 0.902. The summed E-state index contributed by atoms with van der Waals surface area (Å²) in [5.41, 5.74) is 0.735. The second-order valence-electron chi connectivity index (χ2n) is 4.15. The van der Waals surface area contributed by atoms with Gasteiger partial charge in [-0.05, 0) is 30.7 Å². The minimum absolute atomic E-state index is 0.0291. The van der Waals surface area contributed by atoms with Crippen LogP contribution in [0.1, 0.15) is 12.5 Å². The zero-order valence-electron chi connectivity index (χ0n) is 9.74. The summed E-state index contributed by atoms with van der Waals surface area (Å²) in [5, 5.41) is 3.62. The summed E-state index contributed by atoms with van der Waals surface area (Å²) < 4.78 is 0. The van der Waals surface area contributed by atoms with Crippen LogP contribution in [-0.4, -0.2) is 29.3 Å². The maximum atomic E-state index is 11.8. The molecule has 0 bridgehead atoms. The molecule has 1 aliphatic rings. The predicted octanol–water partition coefficient (Wildman–Crippen LogP) is 1.84. The summed E-state index contributed by atoms with van der Waals surface area (Å²) in [7, 11) is 0. The van der Waals surface area contributed by atoms with E-state index in [2.05, 4.69) is 5.32 Å². The second-order valence-corrected chi connectivity index (χ2v) is 4.99. The first-order valence-corrected chi connectivity index (χ1v) is 6.25. The Kier molecular flexibility index (Phi) is 3.78. The molecule has 0 radical (unpaired) electrons. The Morgan fingerprint density at radius 1 is 1.39 bits per heavy atom. The van der Waals surface area contributed by atoms with Crippen LogP contribution in [0.5, 0.6) is 0 Å². The van der Waals surface area contributed by atoms with E-state index in [-0.39, 0.29) is 24.9 Å². The van der Waals surface area contributed by atoms with Crippen molar-refractivity contribution in [3.05, 3.63) is 33.8 Å². The van der Waals surface area contributed by atoms with E-state index in [0.29, 0.717) is 10.0 Å². The molecule has 1 aromatic carbocycles. The van der Waals surface area contributed by atoms with Gasteiger partial charge >= 0.3 is 0 Å². The lowest BCUT2D eigenvalue weighted by Crippen LogP contribution is -2.56. The van der Waals surface area contributed by atoms with E-state index in [1.54, 1.807) is 25.1 Å². The van der Waals surface area contributed by atoms with E-state index in [0.717, 1.165) is 5.56 Å². The molecule has 1 N–H and O–H groups in total. The summed E-state index contributed by atoms with van der Waals surface area (Å²) in [4.78, 5) is 24.8. The topological polar surface area (TPSA) is 49.4 Å². The van der Waals surface area contributed by atoms with Crippen LogP contribution < -0.4 is 5.32 Å². The Balaban J connectivity index is 2.23. The van der Waals surface area contributed by atoms with Crippen LogP contribution in [-0.2, 0) is 16.1 Å². The van der Waals surface area contributed by atoms with Crippen molar-refractivity contribution in [2.24, 2.45) is 0 Å². The molecule has 1 atom stereocenters. The van der Waals surface area contributed by atoms with Gasteiger partial charge in [0, 0.05) is 16.6 Å². The van der Waals surface area contributed by atoms with Crippen molar-refractivity contribution in [2.75, 3.05) is 6.54 Å². The summed E-state index contributed by atoms with van der Waals surface area (Å²) in [6.45, 7) is 2.00. The van der Waals surface area contributed by atoms with Crippen LogP contribution in [0.25, 0.3) is 0 Å². The molecule has 96 valence electrons.